The summed E-state index contributed by atoms with van der Waals surface area (Å²) < 4.78 is 6.01. The molecule has 2 rings (SSSR count). The summed E-state index contributed by atoms with van der Waals surface area (Å²) in [6.45, 7) is 8.72. The minimum Gasteiger partial charge on any atom is -0.492 e. The molecular weight excluding hydrogens is 296 g/mol. The average Bonchev–Trinajstić information content (AvgIpc) is 2.62. The molecule has 0 fully saturated rings. The molecule has 2 heteroatoms. The molecule has 0 aromatic heterocycles. The molecule has 0 bridgehead atoms. The van der Waals surface area contributed by atoms with Crippen LogP contribution in [0.15, 0.2) is 55.1 Å². The summed E-state index contributed by atoms with van der Waals surface area (Å²) in [5, 5.41) is 0. The lowest BCUT2D eigenvalue weighted by Gasteiger charge is -2.17. The van der Waals surface area contributed by atoms with Crippen LogP contribution in [0.2, 0.25) is 0 Å². The van der Waals surface area contributed by atoms with E-state index in [0.717, 1.165) is 24.7 Å². The van der Waals surface area contributed by atoms with Crippen molar-refractivity contribution in [3.63, 3.8) is 0 Å². The third kappa shape index (κ3) is 4.58. The topological polar surface area (TPSA) is 26.3 Å². The van der Waals surface area contributed by atoms with Crippen molar-refractivity contribution < 1.29 is 9.53 Å². The van der Waals surface area contributed by atoms with Gasteiger partial charge in [0.1, 0.15) is 5.75 Å². The maximum absolute atomic E-state index is 11.6. The van der Waals surface area contributed by atoms with E-state index in [1.807, 2.05) is 30.3 Å². The van der Waals surface area contributed by atoms with Gasteiger partial charge in [-0.15, -0.1) is 6.58 Å². The third-order valence-electron chi connectivity index (χ3n) is 4.37. The number of hydrogen-bond acceptors (Lipinski definition) is 2. The van der Waals surface area contributed by atoms with Crippen LogP contribution in [-0.4, -0.2) is 12.9 Å². The average molecular weight is 322 g/mol. The van der Waals surface area contributed by atoms with E-state index in [-0.39, 0.29) is 0 Å². The molecule has 0 spiro atoms. The molecule has 1 unspecified atom stereocenters. The summed E-state index contributed by atoms with van der Waals surface area (Å²) in [5.74, 6) is 1.12. The van der Waals surface area contributed by atoms with Gasteiger partial charge in [0, 0.05) is 6.42 Å². The van der Waals surface area contributed by atoms with E-state index in [0.29, 0.717) is 30.3 Å². The highest BCUT2D eigenvalue weighted by Gasteiger charge is 2.14. The minimum atomic E-state index is 0.422. The van der Waals surface area contributed by atoms with Crippen molar-refractivity contribution in [1.82, 2.24) is 0 Å². The first-order valence-corrected chi connectivity index (χ1v) is 8.59. The number of carbonyl (C=O) groups excluding carboxylic acids is 1. The third-order valence-corrected chi connectivity index (χ3v) is 4.37. The molecule has 0 N–H and O–H groups in total. The van der Waals surface area contributed by atoms with Crippen molar-refractivity contribution in [1.29, 1.82) is 0 Å². The van der Waals surface area contributed by atoms with Crippen LogP contribution in [0.4, 0.5) is 0 Å². The van der Waals surface area contributed by atoms with Crippen LogP contribution < -0.4 is 4.74 Å². The molecule has 0 radical (unpaired) electrons. The number of hydrogen-bond donors (Lipinski definition) is 0. The Morgan fingerprint density at radius 2 is 1.96 bits per heavy atom. The van der Waals surface area contributed by atoms with Crippen molar-refractivity contribution in [2.24, 2.45) is 0 Å². The first-order chi connectivity index (χ1) is 11.7. The molecule has 0 aliphatic carbocycles. The Morgan fingerprint density at radius 3 is 2.58 bits per heavy atom. The SMILES string of the molecule is C=CCc1cc(C(C)CC)cc(C=O)c1OCCc1ccccc1. The largest absolute Gasteiger partial charge is 0.492 e. The lowest BCUT2D eigenvalue weighted by molar-refractivity contribution is 0.111. The van der Waals surface area contributed by atoms with Gasteiger partial charge in [-0.05, 0) is 41.5 Å². The van der Waals surface area contributed by atoms with Gasteiger partial charge in [-0.3, -0.25) is 4.79 Å². The molecule has 0 amide bonds. The molecule has 0 aliphatic heterocycles. The maximum Gasteiger partial charge on any atom is 0.153 e. The molecule has 2 nitrogen and oxygen atoms in total. The Balaban J connectivity index is 2.22. The number of benzene rings is 2. The Kier molecular flexibility index (Phi) is 6.80. The second-order valence-corrected chi connectivity index (χ2v) is 6.10. The highest BCUT2D eigenvalue weighted by atomic mass is 16.5. The first kappa shape index (κ1) is 18.0. The van der Waals surface area contributed by atoms with Crippen molar-refractivity contribution in [2.75, 3.05) is 6.61 Å². The summed E-state index contributed by atoms with van der Waals surface area (Å²) in [5.41, 5.74) is 4.09. The number of aldehydes is 1. The fourth-order valence-electron chi connectivity index (χ4n) is 2.75. The van der Waals surface area contributed by atoms with Gasteiger partial charge >= 0.3 is 0 Å². The minimum absolute atomic E-state index is 0.422. The smallest absolute Gasteiger partial charge is 0.153 e. The van der Waals surface area contributed by atoms with Crippen LogP contribution in [0.25, 0.3) is 0 Å². The molecule has 0 saturated heterocycles. The van der Waals surface area contributed by atoms with E-state index in [4.69, 9.17) is 4.74 Å². The molecule has 2 aromatic rings. The van der Waals surface area contributed by atoms with E-state index in [2.05, 4.69) is 38.6 Å². The lowest BCUT2D eigenvalue weighted by Crippen LogP contribution is -2.07. The van der Waals surface area contributed by atoms with Gasteiger partial charge in [-0.2, -0.15) is 0 Å². The standard InChI is InChI=1S/C22H26O2/c1-4-9-19-14-20(17(3)5-2)15-21(16-23)22(19)24-13-12-18-10-7-6-8-11-18/h4,6-8,10-11,14-17H,1,5,9,12-13H2,2-3H3. The van der Waals surface area contributed by atoms with Gasteiger partial charge in [-0.25, -0.2) is 0 Å². The maximum atomic E-state index is 11.6. The summed E-state index contributed by atoms with van der Waals surface area (Å²) in [4.78, 5) is 11.6. The van der Waals surface area contributed by atoms with Crippen molar-refractivity contribution in [3.05, 3.63) is 77.4 Å². The highest BCUT2D eigenvalue weighted by Crippen LogP contribution is 2.30. The molecule has 0 saturated carbocycles. The Hall–Kier alpha value is -2.35. The Morgan fingerprint density at radius 1 is 1.21 bits per heavy atom. The zero-order valence-corrected chi connectivity index (χ0v) is 14.6. The molecule has 0 aliphatic rings. The monoisotopic (exact) mass is 322 g/mol. The fourth-order valence-corrected chi connectivity index (χ4v) is 2.75. The van der Waals surface area contributed by atoms with Gasteiger partial charge in [0.15, 0.2) is 6.29 Å². The molecule has 1 atom stereocenters. The van der Waals surface area contributed by atoms with Crippen LogP contribution in [0.3, 0.4) is 0 Å². The lowest BCUT2D eigenvalue weighted by atomic mass is 9.93. The van der Waals surface area contributed by atoms with Crippen LogP contribution in [0, 0.1) is 0 Å². The van der Waals surface area contributed by atoms with Gasteiger partial charge in [-0.1, -0.05) is 56.3 Å². The predicted octanol–water partition coefficient (Wildman–Crippen LogP) is 5.36. The molecule has 126 valence electrons. The van der Waals surface area contributed by atoms with Crippen LogP contribution >= 0.6 is 0 Å². The van der Waals surface area contributed by atoms with E-state index < -0.39 is 0 Å². The van der Waals surface area contributed by atoms with E-state index >= 15 is 0 Å². The predicted molar refractivity (Wildman–Crippen MR) is 100 cm³/mol. The molecule has 24 heavy (non-hydrogen) atoms. The highest BCUT2D eigenvalue weighted by molar-refractivity contribution is 5.81. The summed E-state index contributed by atoms with van der Waals surface area (Å²) in [7, 11) is 0. The number of ether oxygens (including phenoxy) is 1. The summed E-state index contributed by atoms with van der Waals surface area (Å²) in [6.07, 6.45) is 5.32. The quantitative estimate of drug-likeness (QED) is 0.459. The summed E-state index contributed by atoms with van der Waals surface area (Å²) >= 11 is 0. The van der Waals surface area contributed by atoms with Gasteiger partial charge in [0.05, 0.1) is 12.2 Å². The number of rotatable bonds is 9. The van der Waals surface area contributed by atoms with Gasteiger partial charge in [0.25, 0.3) is 0 Å². The van der Waals surface area contributed by atoms with Crippen molar-refractivity contribution in [3.8, 4) is 5.75 Å². The number of allylic oxidation sites excluding steroid dienone is 1. The first-order valence-electron chi connectivity index (χ1n) is 8.59. The molecular formula is C22H26O2. The van der Waals surface area contributed by atoms with Crippen LogP contribution in [-0.2, 0) is 12.8 Å². The zero-order chi connectivity index (χ0) is 17.4. The van der Waals surface area contributed by atoms with Crippen molar-refractivity contribution >= 4 is 6.29 Å². The van der Waals surface area contributed by atoms with E-state index in [1.54, 1.807) is 0 Å². The normalized spacial score (nSPS) is 11.8. The van der Waals surface area contributed by atoms with Crippen molar-refractivity contribution in [2.45, 2.75) is 39.0 Å². The molecule has 2 aromatic carbocycles. The number of carbonyl (C=O) groups is 1. The van der Waals surface area contributed by atoms with Gasteiger partial charge < -0.3 is 4.74 Å². The summed E-state index contributed by atoms with van der Waals surface area (Å²) in [6, 6.07) is 14.3. The van der Waals surface area contributed by atoms with Crippen LogP contribution in [0.5, 0.6) is 5.75 Å². The van der Waals surface area contributed by atoms with Crippen LogP contribution in [0.1, 0.15) is 53.2 Å². The molecule has 0 heterocycles. The van der Waals surface area contributed by atoms with Gasteiger partial charge in [0.2, 0.25) is 0 Å². The second kappa shape index (κ2) is 9.07. The second-order valence-electron chi connectivity index (χ2n) is 6.10. The Labute approximate surface area is 145 Å². The Bertz CT molecular complexity index is 674. The van der Waals surface area contributed by atoms with E-state index in [1.165, 1.54) is 11.1 Å². The fraction of sp³-hybridized carbons (Fsp3) is 0.318. The zero-order valence-electron chi connectivity index (χ0n) is 14.6. The van der Waals surface area contributed by atoms with E-state index in [9.17, 15) is 4.79 Å².